The molecule has 0 saturated carbocycles. The van der Waals surface area contributed by atoms with Crippen LogP contribution in [-0.4, -0.2) is 24.3 Å². The molecule has 0 spiro atoms. The Labute approximate surface area is 159 Å². The van der Waals surface area contributed by atoms with E-state index < -0.39 is 29.1 Å². The average molecular weight is 396 g/mol. The first-order valence-corrected chi connectivity index (χ1v) is 8.21. The van der Waals surface area contributed by atoms with Gasteiger partial charge in [-0.05, 0) is 44.2 Å². The van der Waals surface area contributed by atoms with Gasteiger partial charge in [-0.1, -0.05) is 22.8 Å². The summed E-state index contributed by atoms with van der Waals surface area (Å²) in [6.45, 7) is 3.64. The molecule has 0 saturated heterocycles. The number of carbonyl (C=O) groups is 2. The molecule has 0 atom stereocenters. The van der Waals surface area contributed by atoms with E-state index in [1.54, 1.807) is 6.07 Å². The van der Waals surface area contributed by atoms with Crippen molar-refractivity contribution >= 4 is 35.4 Å². The fourth-order valence-corrected chi connectivity index (χ4v) is 2.19. The van der Waals surface area contributed by atoms with Gasteiger partial charge in [0.05, 0.1) is 11.2 Å². The molecule has 2 aromatic carbocycles. The third-order valence-corrected chi connectivity index (χ3v) is 3.47. The lowest BCUT2D eigenvalue weighted by Gasteiger charge is -2.09. The summed E-state index contributed by atoms with van der Waals surface area (Å²) in [5.41, 5.74) is -0.0311. The molecule has 0 bridgehead atoms. The Balaban J connectivity index is 2.02. The Morgan fingerprint density at radius 3 is 2.44 bits per heavy atom. The van der Waals surface area contributed by atoms with Crippen LogP contribution in [0.25, 0.3) is 0 Å². The number of nitrogens with zero attached hydrogens (tertiary/aromatic N) is 1. The minimum atomic E-state index is -1.20. The number of hydrogen-bond donors (Lipinski definition) is 2. The summed E-state index contributed by atoms with van der Waals surface area (Å²) < 4.78 is 27.1. The zero-order valence-corrected chi connectivity index (χ0v) is 15.2. The minimum absolute atomic E-state index is 0.0820. The Hall–Kier alpha value is -3.00. The second kappa shape index (κ2) is 9.09. The number of benzene rings is 2. The van der Waals surface area contributed by atoms with Gasteiger partial charge in [-0.15, -0.1) is 0 Å². The molecule has 142 valence electrons. The maximum Gasteiger partial charge on any atom is 0.326 e. The number of nitrogens with one attached hydrogen (secondary N) is 2. The van der Waals surface area contributed by atoms with Crippen LogP contribution in [0.3, 0.4) is 0 Å². The highest BCUT2D eigenvalue weighted by atomic mass is 35.5. The topological polar surface area (TPSA) is 79.8 Å². The van der Waals surface area contributed by atoms with Crippen LogP contribution in [0.15, 0.2) is 41.6 Å². The molecule has 27 heavy (non-hydrogen) atoms. The number of halogens is 3. The maximum absolute atomic E-state index is 13.6. The van der Waals surface area contributed by atoms with Crippen LogP contribution >= 0.6 is 11.6 Å². The van der Waals surface area contributed by atoms with E-state index in [1.165, 1.54) is 18.3 Å². The first kappa shape index (κ1) is 20.3. The SMILES string of the molecule is CC(C)O/N=C/c1ccc(NC(=O)NC(=O)c2c(F)cccc2F)cc1Cl. The van der Waals surface area contributed by atoms with E-state index in [-0.39, 0.29) is 16.8 Å². The first-order valence-electron chi connectivity index (χ1n) is 7.83. The molecule has 0 aromatic heterocycles. The molecule has 2 N–H and O–H groups in total. The van der Waals surface area contributed by atoms with Gasteiger partial charge in [-0.2, -0.15) is 0 Å². The third kappa shape index (κ3) is 5.75. The molecule has 9 heteroatoms. The van der Waals surface area contributed by atoms with Gasteiger partial charge in [0.1, 0.15) is 23.3 Å². The first-order chi connectivity index (χ1) is 12.8. The Morgan fingerprint density at radius 1 is 1.19 bits per heavy atom. The molecular weight excluding hydrogens is 380 g/mol. The number of hydrogen-bond acceptors (Lipinski definition) is 4. The van der Waals surface area contributed by atoms with Crippen molar-refractivity contribution in [2.24, 2.45) is 5.16 Å². The monoisotopic (exact) mass is 395 g/mol. The molecule has 0 aliphatic rings. The summed E-state index contributed by atoms with van der Waals surface area (Å²) in [4.78, 5) is 28.8. The third-order valence-electron chi connectivity index (χ3n) is 3.14. The predicted molar refractivity (Wildman–Crippen MR) is 98.1 cm³/mol. The van der Waals surface area contributed by atoms with Crippen molar-refractivity contribution in [1.82, 2.24) is 5.32 Å². The van der Waals surface area contributed by atoms with Gasteiger partial charge in [0.25, 0.3) is 5.91 Å². The van der Waals surface area contributed by atoms with Gasteiger partial charge >= 0.3 is 6.03 Å². The molecule has 0 radical (unpaired) electrons. The van der Waals surface area contributed by atoms with Crippen molar-refractivity contribution in [2.45, 2.75) is 20.0 Å². The second-order valence-electron chi connectivity index (χ2n) is 5.63. The van der Waals surface area contributed by atoms with Crippen molar-refractivity contribution in [3.05, 3.63) is 64.2 Å². The number of anilines is 1. The van der Waals surface area contributed by atoms with Gasteiger partial charge in [0.15, 0.2) is 0 Å². The Bertz CT molecular complexity index is 868. The average Bonchev–Trinajstić information content (AvgIpc) is 2.56. The van der Waals surface area contributed by atoms with Crippen LogP contribution < -0.4 is 10.6 Å². The highest BCUT2D eigenvalue weighted by molar-refractivity contribution is 6.33. The number of rotatable bonds is 5. The fourth-order valence-electron chi connectivity index (χ4n) is 1.96. The smallest absolute Gasteiger partial charge is 0.326 e. The Morgan fingerprint density at radius 2 is 1.85 bits per heavy atom. The van der Waals surface area contributed by atoms with E-state index in [1.807, 2.05) is 19.2 Å². The van der Waals surface area contributed by atoms with Crippen LogP contribution in [0.2, 0.25) is 5.02 Å². The summed E-state index contributed by atoms with van der Waals surface area (Å²) in [7, 11) is 0. The molecule has 0 fully saturated rings. The fraction of sp³-hybridized carbons (Fsp3) is 0.167. The summed E-state index contributed by atoms with van der Waals surface area (Å²) in [6.07, 6.45) is 1.33. The summed E-state index contributed by atoms with van der Waals surface area (Å²) >= 11 is 6.09. The van der Waals surface area contributed by atoms with Crippen LogP contribution in [0.1, 0.15) is 29.8 Å². The zero-order chi connectivity index (χ0) is 20.0. The highest BCUT2D eigenvalue weighted by Crippen LogP contribution is 2.20. The van der Waals surface area contributed by atoms with Crippen LogP contribution in [0, 0.1) is 11.6 Å². The standard InChI is InChI=1S/C18H16ClF2N3O3/c1-10(2)27-22-9-11-6-7-12(8-13(11)19)23-18(26)24-17(25)16-14(20)4-3-5-15(16)21/h3-10H,1-2H3,(H2,23,24,25,26)/b22-9+. The number of oxime groups is 1. The molecule has 2 rings (SSSR count). The lowest BCUT2D eigenvalue weighted by molar-refractivity contribution is 0.0873. The highest BCUT2D eigenvalue weighted by Gasteiger charge is 2.19. The van der Waals surface area contributed by atoms with E-state index in [4.69, 9.17) is 16.4 Å². The molecule has 6 nitrogen and oxygen atoms in total. The van der Waals surface area contributed by atoms with E-state index in [2.05, 4.69) is 10.5 Å². The van der Waals surface area contributed by atoms with Crippen LogP contribution in [0.4, 0.5) is 19.3 Å². The lowest BCUT2D eigenvalue weighted by Crippen LogP contribution is -2.35. The summed E-state index contributed by atoms with van der Waals surface area (Å²) in [6, 6.07) is 6.48. The summed E-state index contributed by atoms with van der Waals surface area (Å²) in [5.74, 6) is -3.35. The molecule has 2 aromatic rings. The number of urea groups is 1. The number of imide groups is 1. The quantitative estimate of drug-likeness (QED) is 0.583. The van der Waals surface area contributed by atoms with Crippen molar-refractivity contribution in [3.63, 3.8) is 0 Å². The van der Waals surface area contributed by atoms with Gasteiger partial charge in [-0.3, -0.25) is 10.1 Å². The summed E-state index contributed by atoms with van der Waals surface area (Å²) in [5, 5.41) is 8.23. The molecule has 0 aliphatic heterocycles. The van der Waals surface area contributed by atoms with Crippen molar-refractivity contribution in [1.29, 1.82) is 0 Å². The van der Waals surface area contributed by atoms with E-state index >= 15 is 0 Å². The molecule has 0 unspecified atom stereocenters. The maximum atomic E-state index is 13.6. The van der Waals surface area contributed by atoms with Crippen LogP contribution in [-0.2, 0) is 4.84 Å². The van der Waals surface area contributed by atoms with Crippen molar-refractivity contribution in [2.75, 3.05) is 5.32 Å². The van der Waals surface area contributed by atoms with Crippen molar-refractivity contribution in [3.8, 4) is 0 Å². The number of amides is 3. The Kier molecular flexibility index (Phi) is 6.84. The van der Waals surface area contributed by atoms with Crippen LogP contribution in [0.5, 0.6) is 0 Å². The molecule has 0 heterocycles. The minimum Gasteiger partial charge on any atom is -0.393 e. The molecular formula is C18H16ClF2N3O3. The zero-order valence-electron chi connectivity index (χ0n) is 14.4. The normalized spacial score (nSPS) is 10.9. The predicted octanol–water partition coefficient (Wildman–Crippen LogP) is 4.34. The lowest BCUT2D eigenvalue weighted by atomic mass is 10.2. The molecule has 0 aliphatic carbocycles. The van der Waals surface area contributed by atoms with Gasteiger partial charge in [0.2, 0.25) is 0 Å². The van der Waals surface area contributed by atoms with Gasteiger partial charge in [0, 0.05) is 11.3 Å². The number of carbonyl (C=O) groups excluding carboxylic acids is 2. The van der Waals surface area contributed by atoms with Gasteiger partial charge in [-0.25, -0.2) is 13.6 Å². The van der Waals surface area contributed by atoms with E-state index in [0.717, 1.165) is 18.2 Å². The van der Waals surface area contributed by atoms with Crippen molar-refractivity contribution < 1.29 is 23.2 Å². The van der Waals surface area contributed by atoms with E-state index in [9.17, 15) is 18.4 Å². The second-order valence-corrected chi connectivity index (χ2v) is 6.04. The molecule has 3 amide bonds. The largest absolute Gasteiger partial charge is 0.393 e. The van der Waals surface area contributed by atoms with E-state index in [0.29, 0.717) is 5.56 Å². The van der Waals surface area contributed by atoms with Gasteiger partial charge < -0.3 is 10.2 Å².